The lowest BCUT2D eigenvalue weighted by atomic mass is 9.99. The molecule has 0 radical (unpaired) electrons. The third-order valence-electron chi connectivity index (χ3n) is 3.76. The molecule has 2 heterocycles. The Morgan fingerprint density at radius 2 is 1.91 bits per heavy atom. The highest BCUT2D eigenvalue weighted by Crippen LogP contribution is 2.20. The van der Waals surface area contributed by atoms with E-state index in [2.05, 4.69) is 19.9 Å². The summed E-state index contributed by atoms with van der Waals surface area (Å²) in [5.74, 6) is 0.225. The lowest BCUT2D eigenvalue weighted by molar-refractivity contribution is 0.102. The molecular weight excluding hydrogens is 312 g/mol. The summed E-state index contributed by atoms with van der Waals surface area (Å²) in [6.45, 7) is 5.95. The van der Waals surface area contributed by atoms with E-state index in [0.717, 1.165) is 11.1 Å². The average molecular weight is 328 g/mol. The second-order valence-corrected chi connectivity index (χ2v) is 6.40. The summed E-state index contributed by atoms with van der Waals surface area (Å²) >= 11 is 1.20. The Morgan fingerprint density at radius 1 is 1.17 bits per heavy atom. The van der Waals surface area contributed by atoms with Gasteiger partial charge in [-0.25, -0.2) is 9.97 Å². The van der Waals surface area contributed by atoms with Crippen LogP contribution >= 0.6 is 11.8 Å². The Bertz CT molecular complexity index is 958. The Labute approximate surface area is 136 Å². The maximum Gasteiger partial charge on any atom is 0.277 e. The van der Waals surface area contributed by atoms with Gasteiger partial charge in [-0.1, -0.05) is 17.8 Å². The van der Waals surface area contributed by atoms with Gasteiger partial charge in [-0.3, -0.25) is 14.6 Å². The predicted molar refractivity (Wildman–Crippen MR) is 90.2 cm³/mol. The molecular formula is C16H16N4O2S. The number of hydrogen-bond acceptors (Lipinski definition) is 5. The van der Waals surface area contributed by atoms with Crippen LogP contribution in [-0.4, -0.2) is 31.5 Å². The number of aromatic nitrogens is 4. The molecule has 2 N–H and O–H groups in total. The van der Waals surface area contributed by atoms with Crippen molar-refractivity contribution in [1.82, 2.24) is 19.9 Å². The van der Waals surface area contributed by atoms with Crippen LogP contribution in [0.2, 0.25) is 0 Å². The average Bonchev–Trinajstić information content (AvgIpc) is 2.97. The fourth-order valence-electron chi connectivity index (χ4n) is 2.36. The number of carbonyl (C=O) groups excluding carboxylic acids is 1. The van der Waals surface area contributed by atoms with E-state index in [1.54, 1.807) is 0 Å². The zero-order chi connectivity index (χ0) is 16.6. The van der Waals surface area contributed by atoms with Gasteiger partial charge < -0.3 is 4.98 Å². The molecule has 2 aromatic heterocycles. The molecule has 6 nitrogen and oxygen atoms in total. The van der Waals surface area contributed by atoms with Gasteiger partial charge in [0, 0.05) is 5.56 Å². The monoisotopic (exact) mass is 328 g/mol. The number of hydrogen-bond donors (Lipinski definition) is 2. The lowest BCUT2D eigenvalue weighted by Crippen LogP contribution is -2.11. The molecule has 0 aliphatic carbocycles. The normalized spacial score (nSPS) is 11.1. The second-order valence-electron chi connectivity index (χ2n) is 5.44. The summed E-state index contributed by atoms with van der Waals surface area (Å²) in [4.78, 5) is 37.9. The third kappa shape index (κ3) is 3.05. The number of ketones is 1. The number of nitrogens with zero attached hydrogens (tertiary/aromatic N) is 2. The fraction of sp³-hybridized carbons (Fsp3) is 0.250. The highest BCUT2D eigenvalue weighted by Gasteiger charge is 2.13. The van der Waals surface area contributed by atoms with Crippen LogP contribution in [0.25, 0.3) is 11.2 Å². The number of Topliss-reactive ketones (excluding diaryl/α,β-unsaturated/α-hetero) is 1. The van der Waals surface area contributed by atoms with Crippen LogP contribution < -0.4 is 5.56 Å². The largest absolute Gasteiger partial charge is 0.339 e. The van der Waals surface area contributed by atoms with Gasteiger partial charge in [0.2, 0.25) is 0 Å². The molecule has 0 spiro atoms. The first-order chi connectivity index (χ1) is 11.0. The van der Waals surface area contributed by atoms with E-state index in [4.69, 9.17) is 0 Å². The van der Waals surface area contributed by atoms with Crippen molar-refractivity contribution in [1.29, 1.82) is 0 Å². The van der Waals surface area contributed by atoms with E-state index in [9.17, 15) is 9.59 Å². The molecule has 3 rings (SSSR count). The minimum atomic E-state index is -0.287. The highest BCUT2D eigenvalue weighted by atomic mass is 32.2. The van der Waals surface area contributed by atoms with Gasteiger partial charge in [0.15, 0.2) is 22.1 Å². The van der Waals surface area contributed by atoms with Gasteiger partial charge in [-0.05, 0) is 43.5 Å². The highest BCUT2D eigenvalue weighted by molar-refractivity contribution is 7.99. The maximum absolute atomic E-state index is 12.4. The standard InChI is InChI=1S/C16H16N4O2S/c1-8-4-10(3)11(5-9(8)2)12(21)6-23-16-19-14-13(15(22)20-16)17-7-18-14/h4-5,7H,6H2,1-3H3,(H2,17,18,19,20,22). The first-order valence-electron chi connectivity index (χ1n) is 7.13. The van der Waals surface area contributed by atoms with E-state index in [1.807, 2.05) is 32.9 Å². The third-order valence-corrected chi connectivity index (χ3v) is 4.63. The van der Waals surface area contributed by atoms with Gasteiger partial charge in [-0.2, -0.15) is 0 Å². The topological polar surface area (TPSA) is 91.5 Å². The Balaban J connectivity index is 1.80. The summed E-state index contributed by atoms with van der Waals surface area (Å²) in [7, 11) is 0. The number of fused-ring (bicyclic) bond motifs is 1. The van der Waals surface area contributed by atoms with Crippen molar-refractivity contribution in [2.24, 2.45) is 0 Å². The number of thioether (sulfide) groups is 1. The van der Waals surface area contributed by atoms with Crippen LogP contribution in [-0.2, 0) is 0 Å². The molecule has 118 valence electrons. The smallest absolute Gasteiger partial charge is 0.277 e. The molecule has 1 aromatic carbocycles. The summed E-state index contributed by atoms with van der Waals surface area (Å²) in [5.41, 5.74) is 4.34. The first kappa shape index (κ1) is 15.5. The molecule has 0 fully saturated rings. The van der Waals surface area contributed by atoms with Crippen molar-refractivity contribution in [2.45, 2.75) is 25.9 Å². The molecule has 0 atom stereocenters. The van der Waals surface area contributed by atoms with Crippen LogP contribution in [0.3, 0.4) is 0 Å². The van der Waals surface area contributed by atoms with Gasteiger partial charge in [0.05, 0.1) is 12.1 Å². The number of benzene rings is 1. The number of H-pyrrole nitrogens is 2. The fourth-order valence-corrected chi connectivity index (χ4v) is 3.10. The van der Waals surface area contributed by atoms with Crippen LogP contribution in [0.15, 0.2) is 28.4 Å². The zero-order valence-electron chi connectivity index (χ0n) is 13.1. The predicted octanol–water partition coefficient (Wildman–Crippen LogP) is 2.55. The minimum Gasteiger partial charge on any atom is -0.339 e. The van der Waals surface area contributed by atoms with E-state index in [0.29, 0.717) is 21.9 Å². The van der Waals surface area contributed by atoms with Crippen LogP contribution in [0.4, 0.5) is 0 Å². The van der Waals surface area contributed by atoms with E-state index in [-0.39, 0.29) is 17.1 Å². The number of imidazole rings is 1. The maximum atomic E-state index is 12.4. The lowest BCUT2D eigenvalue weighted by Gasteiger charge is -2.08. The summed E-state index contributed by atoms with van der Waals surface area (Å²) in [5, 5.41) is 0.393. The molecule has 7 heteroatoms. The van der Waals surface area contributed by atoms with Crippen molar-refractivity contribution >= 4 is 28.7 Å². The van der Waals surface area contributed by atoms with Gasteiger partial charge in [-0.15, -0.1) is 0 Å². The van der Waals surface area contributed by atoms with Crippen LogP contribution in [0, 0.1) is 20.8 Å². The number of nitrogens with one attached hydrogen (secondary N) is 2. The summed E-state index contributed by atoms with van der Waals surface area (Å²) in [6, 6.07) is 3.93. The van der Waals surface area contributed by atoms with E-state index < -0.39 is 0 Å². The van der Waals surface area contributed by atoms with Gasteiger partial charge >= 0.3 is 0 Å². The number of aromatic amines is 2. The molecule has 0 amide bonds. The van der Waals surface area contributed by atoms with Crippen molar-refractivity contribution in [3.05, 3.63) is 51.1 Å². The summed E-state index contributed by atoms with van der Waals surface area (Å²) in [6.07, 6.45) is 1.42. The molecule has 23 heavy (non-hydrogen) atoms. The number of aryl methyl sites for hydroxylation is 3. The van der Waals surface area contributed by atoms with Crippen molar-refractivity contribution in [3.8, 4) is 0 Å². The zero-order valence-corrected chi connectivity index (χ0v) is 13.9. The van der Waals surface area contributed by atoms with Crippen molar-refractivity contribution < 1.29 is 4.79 Å². The van der Waals surface area contributed by atoms with Crippen molar-refractivity contribution in [3.63, 3.8) is 0 Å². The quantitative estimate of drug-likeness (QED) is 0.436. The SMILES string of the molecule is Cc1cc(C)c(C(=O)CSc2nc3nc[nH]c3c(=O)[nH]2)cc1C. The first-order valence-corrected chi connectivity index (χ1v) is 8.11. The van der Waals surface area contributed by atoms with Crippen molar-refractivity contribution in [2.75, 3.05) is 5.75 Å². The Hall–Kier alpha value is -2.41. The molecule has 0 saturated heterocycles. The molecule has 0 aliphatic rings. The molecule has 0 bridgehead atoms. The van der Waals surface area contributed by atoms with Crippen LogP contribution in [0.5, 0.6) is 0 Å². The molecule has 0 unspecified atom stereocenters. The van der Waals surface area contributed by atoms with E-state index >= 15 is 0 Å². The van der Waals surface area contributed by atoms with E-state index in [1.165, 1.54) is 23.7 Å². The number of rotatable bonds is 4. The Morgan fingerprint density at radius 3 is 2.70 bits per heavy atom. The molecule has 0 saturated carbocycles. The number of carbonyl (C=O) groups is 1. The van der Waals surface area contributed by atoms with Gasteiger partial charge in [0.1, 0.15) is 0 Å². The minimum absolute atomic E-state index is 0.0142. The molecule has 3 aromatic rings. The second kappa shape index (κ2) is 6.00. The molecule has 0 aliphatic heterocycles. The summed E-state index contributed by atoms with van der Waals surface area (Å²) < 4.78 is 0. The Kier molecular flexibility index (Phi) is 4.04. The van der Waals surface area contributed by atoms with Gasteiger partial charge in [0.25, 0.3) is 5.56 Å². The van der Waals surface area contributed by atoms with Crippen LogP contribution in [0.1, 0.15) is 27.0 Å².